The van der Waals surface area contributed by atoms with Gasteiger partial charge in [-0.2, -0.15) is 0 Å². The van der Waals surface area contributed by atoms with E-state index in [-0.39, 0.29) is 12.4 Å². The number of halogens is 2. The molecule has 3 nitrogen and oxygen atoms in total. The lowest BCUT2D eigenvalue weighted by molar-refractivity contribution is 0.341. The molecule has 0 amide bonds. The van der Waals surface area contributed by atoms with Crippen molar-refractivity contribution in [1.82, 2.24) is 0 Å². The molecule has 6 heteroatoms. The second-order valence-electron chi connectivity index (χ2n) is 3.03. The van der Waals surface area contributed by atoms with E-state index in [4.69, 9.17) is 27.0 Å². The molecule has 1 aromatic rings. The van der Waals surface area contributed by atoms with Gasteiger partial charge in [0.2, 0.25) is 9.05 Å². The van der Waals surface area contributed by atoms with E-state index in [0.717, 1.165) is 5.56 Å². The van der Waals surface area contributed by atoms with Crippen LogP contribution in [0.4, 0.5) is 0 Å². The van der Waals surface area contributed by atoms with Crippen LogP contribution >= 0.6 is 22.3 Å². The van der Waals surface area contributed by atoms with E-state index >= 15 is 0 Å². The molecule has 0 aliphatic heterocycles. The molecule has 84 valence electrons. The molecule has 0 saturated carbocycles. The molecular weight excluding hydrogens is 259 g/mol. The van der Waals surface area contributed by atoms with Crippen LogP contribution in [0, 0.1) is 6.92 Å². The van der Waals surface area contributed by atoms with Crippen molar-refractivity contribution >= 4 is 31.3 Å². The van der Waals surface area contributed by atoms with Crippen LogP contribution in [0.25, 0.3) is 0 Å². The van der Waals surface area contributed by atoms with E-state index < -0.39 is 9.05 Å². The summed E-state index contributed by atoms with van der Waals surface area (Å²) < 4.78 is 26.4. The van der Waals surface area contributed by atoms with Gasteiger partial charge in [-0.1, -0.05) is 17.7 Å². The second kappa shape index (κ2) is 5.05. The number of ether oxygens (including phenoxy) is 1. The molecule has 0 radical (unpaired) electrons. The van der Waals surface area contributed by atoms with E-state index in [0.29, 0.717) is 10.8 Å². The maximum atomic E-state index is 10.6. The Morgan fingerprint density at radius 1 is 1.40 bits per heavy atom. The van der Waals surface area contributed by atoms with Crippen molar-refractivity contribution in [2.45, 2.75) is 6.92 Å². The van der Waals surface area contributed by atoms with Crippen LogP contribution in [-0.4, -0.2) is 20.8 Å². The summed E-state index contributed by atoms with van der Waals surface area (Å²) in [5.41, 5.74) is 1.01. The van der Waals surface area contributed by atoms with Gasteiger partial charge in [-0.3, -0.25) is 0 Å². The fourth-order valence-electron chi connectivity index (χ4n) is 0.974. The van der Waals surface area contributed by atoms with Gasteiger partial charge >= 0.3 is 0 Å². The molecule has 0 bridgehead atoms. The molecule has 0 aliphatic rings. The number of aryl methyl sites for hydroxylation is 1. The minimum atomic E-state index is -3.51. The third kappa shape index (κ3) is 4.73. The highest BCUT2D eigenvalue weighted by Gasteiger charge is 2.07. The molecule has 15 heavy (non-hydrogen) atoms. The highest BCUT2D eigenvalue weighted by Crippen LogP contribution is 2.25. The molecule has 0 aromatic heterocycles. The van der Waals surface area contributed by atoms with Crippen molar-refractivity contribution in [1.29, 1.82) is 0 Å². The Morgan fingerprint density at radius 2 is 2.07 bits per heavy atom. The Labute approximate surface area is 98.4 Å². The van der Waals surface area contributed by atoms with Crippen LogP contribution in [0.3, 0.4) is 0 Å². The van der Waals surface area contributed by atoms with Crippen molar-refractivity contribution in [3.8, 4) is 5.75 Å². The van der Waals surface area contributed by atoms with Gasteiger partial charge < -0.3 is 4.74 Å². The highest BCUT2D eigenvalue weighted by molar-refractivity contribution is 8.13. The minimum Gasteiger partial charge on any atom is -0.491 e. The summed E-state index contributed by atoms with van der Waals surface area (Å²) >= 11 is 5.87. The maximum Gasteiger partial charge on any atom is 0.235 e. The third-order valence-corrected chi connectivity index (χ3v) is 3.08. The molecule has 0 saturated heterocycles. The first-order valence-electron chi connectivity index (χ1n) is 4.20. The summed E-state index contributed by atoms with van der Waals surface area (Å²) in [7, 11) is 1.51. The number of rotatable bonds is 4. The van der Waals surface area contributed by atoms with Crippen LogP contribution in [0.15, 0.2) is 18.2 Å². The summed E-state index contributed by atoms with van der Waals surface area (Å²) in [6.45, 7) is 1.90. The van der Waals surface area contributed by atoms with Gasteiger partial charge in [-0.05, 0) is 24.6 Å². The van der Waals surface area contributed by atoms with E-state index in [1.807, 2.05) is 13.0 Å². The average molecular weight is 269 g/mol. The standard InChI is InChI=1S/C9H10Cl2O3S/c1-7-2-3-9(8(10)6-7)14-4-5-15(11,12)13/h2-3,6H,4-5H2,1H3. The van der Waals surface area contributed by atoms with E-state index in [1.54, 1.807) is 12.1 Å². The Kier molecular flexibility index (Phi) is 4.25. The second-order valence-corrected chi connectivity index (χ2v) is 6.33. The lowest BCUT2D eigenvalue weighted by Gasteiger charge is -2.07. The first-order chi connectivity index (χ1) is 6.88. The fraction of sp³-hybridized carbons (Fsp3) is 0.333. The van der Waals surface area contributed by atoms with Crippen LogP contribution in [0.2, 0.25) is 5.02 Å². The molecule has 0 spiro atoms. The van der Waals surface area contributed by atoms with Gasteiger partial charge in [-0.15, -0.1) is 0 Å². The molecule has 0 atom stereocenters. The molecule has 0 N–H and O–H groups in total. The Hall–Kier alpha value is -0.450. The molecule has 1 aromatic carbocycles. The largest absolute Gasteiger partial charge is 0.491 e. The predicted octanol–water partition coefficient (Wildman–Crippen LogP) is 2.60. The third-order valence-electron chi connectivity index (χ3n) is 1.67. The topological polar surface area (TPSA) is 43.4 Å². The lowest BCUT2D eigenvalue weighted by Crippen LogP contribution is -2.08. The van der Waals surface area contributed by atoms with Crippen LogP contribution in [-0.2, 0) is 9.05 Å². The van der Waals surface area contributed by atoms with Crippen molar-refractivity contribution in [3.63, 3.8) is 0 Å². The Morgan fingerprint density at radius 3 is 2.60 bits per heavy atom. The smallest absolute Gasteiger partial charge is 0.235 e. The lowest BCUT2D eigenvalue weighted by atomic mass is 10.2. The maximum absolute atomic E-state index is 10.6. The fourth-order valence-corrected chi connectivity index (χ4v) is 1.74. The van der Waals surface area contributed by atoms with Crippen molar-refractivity contribution in [2.75, 3.05) is 12.4 Å². The molecule has 0 heterocycles. The summed E-state index contributed by atoms with van der Waals surface area (Å²) in [4.78, 5) is 0. The van der Waals surface area contributed by atoms with Gasteiger partial charge in [0.25, 0.3) is 0 Å². The summed E-state index contributed by atoms with van der Waals surface area (Å²) in [6, 6.07) is 5.26. The molecule has 1 rings (SSSR count). The quantitative estimate of drug-likeness (QED) is 0.789. The zero-order chi connectivity index (χ0) is 11.5. The molecule has 0 fully saturated rings. The highest BCUT2D eigenvalue weighted by atomic mass is 35.7. The number of benzene rings is 1. The van der Waals surface area contributed by atoms with Crippen molar-refractivity contribution < 1.29 is 13.2 Å². The SMILES string of the molecule is Cc1ccc(OCCS(=O)(=O)Cl)c(Cl)c1. The molecule has 0 aliphatic carbocycles. The predicted molar refractivity (Wildman–Crippen MR) is 61.3 cm³/mol. The zero-order valence-corrected chi connectivity index (χ0v) is 10.4. The summed E-state index contributed by atoms with van der Waals surface area (Å²) in [6.07, 6.45) is 0. The number of hydrogen-bond donors (Lipinski definition) is 0. The zero-order valence-electron chi connectivity index (χ0n) is 8.04. The van der Waals surface area contributed by atoms with Gasteiger partial charge in [-0.25, -0.2) is 8.42 Å². The van der Waals surface area contributed by atoms with Crippen LogP contribution in [0.1, 0.15) is 5.56 Å². The monoisotopic (exact) mass is 268 g/mol. The number of hydrogen-bond acceptors (Lipinski definition) is 3. The van der Waals surface area contributed by atoms with E-state index in [2.05, 4.69) is 0 Å². The molecular formula is C9H10Cl2O3S. The van der Waals surface area contributed by atoms with Crippen molar-refractivity contribution in [3.05, 3.63) is 28.8 Å². The van der Waals surface area contributed by atoms with E-state index in [9.17, 15) is 8.42 Å². The van der Waals surface area contributed by atoms with Gasteiger partial charge in [0.1, 0.15) is 12.4 Å². The summed E-state index contributed by atoms with van der Waals surface area (Å²) in [5, 5.41) is 0.460. The first-order valence-corrected chi connectivity index (χ1v) is 7.05. The van der Waals surface area contributed by atoms with E-state index in [1.165, 1.54) is 0 Å². The van der Waals surface area contributed by atoms with Crippen LogP contribution in [0.5, 0.6) is 5.75 Å². The Bertz CT molecular complexity index is 443. The first kappa shape index (κ1) is 12.6. The van der Waals surface area contributed by atoms with Gasteiger partial charge in [0.15, 0.2) is 0 Å². The van der Waals surface area contributed by atoms with Crippen molar-refractivity contribution in [2.24, 2.45) is 0 Å². The van der Waals surface area contributed by atoms with Gasteiger partial charge in [0, 0.05) is 10.7 Å². The molecule has 0 unspecified atom stereocenters. The minimum absolute atomic E-state index is 0.00534. The van der Waals surface area contributed by atoms with Gasteiger partial charge in [0.05, 0.1) is 10.8 Å². The Balaban J connectivity index is 2.59. The summed E-state index contributed by atoms with van der Waals surface area (Å²) in [5.74, 6) is 0.223. The normalized spacial score (nSPS) is 11.4. The average Bonchev–Trinajstić information content (AvgIpc) is 2.07. The van der Waals surface area contributed by atoms with Crippen LogP contribution < -0.4 is 4.74 Å².